The van der Waals surface area contributed by atoms with Crippen LogP contribution in [0.4, 0.5) is 4.79 Å². The van der Waals surface area contributed by atoms with Crippen LogP contribution >= 0.6 is 11.8 Å². The number of urea groups is 1. The molecule has 3 heterocycles. The van der Waals surface area contributed by atoms with E-state index in [9.17, 15) is 14.4 Å². The molecule has 4 amide bonds. The monoisotopic (exact) mass is 453 g/mol. The molecule has 4 unspecified atom stereocenters. The normalized spacial score (nSPS) is 27.2. The van der Waals surface area contributed by atoms with Crippen LogP contribution in [0.5, 0.6) is 0 Å². The summed E-state index contributed by atoms with van der Waals surface area (Å²) in [7, 11) is 0. The molecule has 1 aromatic heterocycles. The second-order valence-electron chi connectivity index (χ2n) is 8.71. The third kappa shape index (κ3) is 4.03. The Morgan fingerprint density at radius 1 is 1.09 bits per heavy atom. The summed E-state index contributed by atoms with van der Waals surface area (Å²) in [5, 5.41) is 2.98. The van der Waals surface area contributed by atoms with Crippen LogP contribution in [-0.2, 0) is 22.7 Å². The predicted octanol–water partition coefficient (Wildman–Crippen LogP) is 3.40. The maximum absolute atomic E-state index is 13.5. The lowest BCUT2D eigenvalue weighted by Gasteiger charge is -2.43. The molecule has 0 radical (unpaired) electrons. The van der Waals surface area contributed by atoms with Crippen molar-refractivity contribution in [2.24, 2.45) is 5.92 Å². The van der Waals surface area contributed by atoms with E-state index in [0.717, 1.165) is 31.2 Å². The van der Waals surface area contributed by atoms with Gasteiger partial charge in [-0.25, -0.2) is 4.79 Å². The van der Waals surface area contributed by atoms with Crippen LogP contribution in [0.25, 0.3) is 0 Å². The minimum atomic E-state index is -0.394. The maximum atomic E-state index is 13.5. The van der Waals surface area contributed by atoms with Crippen LogP contribution in [0, 0.1) is 5.92 Å². The molecule has 1 saturated carbocycles. The second kappa shape index (κ2) is 9.02. The standard InChI is InChI=1S/C24H27N3O4S/c28-20(25-13-16-7-2-1-3-8-16)15-26-21-18-10-4-5-11-19(18)32-22(21)23(29)27(24(26)30)14-17-9-6-12-31-17/h1-3,6-9,12,18-19,21-22H,4-5,10-11,13-15H2,(H,25,28). The minimum absolute atomic E-state index is 0.0431. The van der Waals surface area contributed by atoms with E-state index in [0.29, 0.717) is 17.6 Å². The van der Waals surface area contributed by atoms with E-state index in [4.69, 9.17) is 4.42 Å². The molecule has 1 aromatic carbocycles. The van der Waals surface area contributed by atoms with Gasteiger partial charge in [-0.3, -0.25) is 14.5 Å². The Morgan fingerprint density at radius 3 is 2.69 bits per heavy atom. The van der Waals surface area contributed by atoms with E-state index >= 15 is 0 Å². The van der Waals surface area contributed by atoms with E-state index in [1.807, 2.05) is 30.3 Å². The van der Waals surface area contributed by atoms with Crippen LogP contribution in [0.3, 0.4) is 0 Å². The van der Waals surface area contributed by atoms with Crippen molar-refractivity contribution in [2.45, 2.75) is 55.3 Å². The highest BCUT2D eigenvalue weighted by atomic mass is 32.2. The highest BCUT2D eigenvalue weighted by molar-refractivity contribution is 8.01. The first-order valence-electron chi connectivity index (χ1n) is 11.2. The molecular formula is C24H27N3O4S. The SMILES string of the molecule is O=C(CN1C(=O)N(Cc2ccco2)C(=O)C2SC3CCCCC3C21)NCc1ccccc1. The Hall–Kier alpha value is -2.74. The average Bonchev–Trinajstić information content (AvgIpc) is 3.47. The zero-order valence-corrected chi connectivity index (χ0v) is 18.6. The van der Waals surface area contributed by atoms with Gasteiger partial charge in [-0.1, -0.05) is 43.2 Å². The van der Waals surface area contributed by atoms with Gasteiger partial charge in [0.1, 0.15) is 17.6 Å². The fourth-order valence-corrected chi connectivity index (χ4v) is 7.12. The van der Waals surface area contributed by atoms with Gasteiger partial charge in [0.15, 0.2) is 0 Å². The summed E-state index contributed by atoms with van der Waals surface area (Å²) in [5.74, 6) is 0.452. The van der Waals surface area contributed by atoms with E-state index < -0.39 is 6.03 Å². The third-order valence-electron chi connectivity index (χ3n) is 6.71. The number of furan rings is 1. The highest BCUT2D eigenvalue weighted by Crippen LogP contribution is 2.50. The Kier molecular flexibility index (Phi) is 5.95. The summed E-state index contributed by atoms with van der Waals surface area (Å²) in [6.45, 7) is 0.454. The van der Waals surface area contributed by atoms with Crippen LogP contribution in [0.2, 0.25) is 0 Å². The van der Waals surface area contributed by atoms with Crippen molar-refractivity contribution in [1.82, 2.24) is 15.1 Å². The molecule has 1 aliphatic carbocycles. The van der Waals surface area contributed by atoms with Crippen LogP contribution in [0.1, 0.15) is 37.0 Å². The summed E-state index contributed by atoms with van der Waals surface area (Å²) in [4.78, 5) is 42.6. The average molecular weight is 454 g/mol. The number of imide groups is 1. The number of nitrogens with one attached hydrogen (secondary N) is 1. The van der Waals surface area contributed by atoms with Gasteiger partial charge in [-0.05, 0) is 36.5 Å². The van der Waals surface area contributed by atoms with Gasteiger partial charge >= 0.3 is 6.03 Å². The van der Waals surface area contributed by atoms with Crippen LogP contribution in [-0.4, -0.2) is 50.7 Å². The Balaban J connectivity index is 1.36. The van der Waals surface area contributed by atoms with Crippen molar-refractivity contribution in [3.8, 4) is 0 Å². The fourth-order valence-electron chi connectivity index (χ4n) is 5.19. The fraction of sp³-hybridized carbons (Fsp3) is 0.458. The minimum Gasteiger partial charge on any atom is -0.467 e. The van der Waals surface area contributed by atoms with E-state index in [-0.39, 0.29) is 42.1 Å². The molecule has 4 atom stereocenters. The molecule has 1 N–H and O–H groups in total. The Labute approximate surface area is 191 Å². The molecule has 5 rings (SSSR count). The first-order chi connectivity index (χ1) is 15.6. The summed E-state index contributed by atoms with van der Waals surface area (Å²) in [6, 6.07) is 12.6. The topological polar surface area (TPSA) is 82.9 Å². The lowest BCUT2D eigenvalue weighted by atomic mass is 9.81. The smallest absolute Gasteiger partial charge is 0.327 e. The van der Waals surface area contributed by atoms with E-state index in [1.54, 1.807) is 28.8 Å². The lowest BCUT2D eigenvalue weighted by molar-refractivity contribution is -0.135. The molecular weight excluding hydrogens is 426 g/mol. The van der Waals surface area contributed by atoms with Crippen molar-refractivity contribution >= 4 is 29.6 Å². The van der Waals surface area contributed by atoms with Crippen LogP contribution < -0.4 is 5.32 Å². The molecule has 3 aliphatic rings. The molecule has 8 heteroatoms. The van der Waals surface area contributed by atoms with Gasteiger partial charge in [-0.2, -0.15) is 0 Å². The predicted molar refractivity (Wildman–Crippen MR) is 121 cm³/mol. The largest absolute Gasteiger partial charge is 0.467 e. The van der Waals surface area contributed by atoms with Gasteiger partial charge in [0.25, 0.3) is 0 Å². The summed E-state index contributed by atoms with van der Waals surface area (Å²) < 4.78 is 5.39. The number of hydrogen-bond acceptors (Lipinski definition) is 5. The second-order valence-corrected chi connectivity index (χ2v) is 10.1. The first kappa shape index (κ1) is 21.1. The Morgan fingerprint density at radius 2 is 1.91 bits per heavy atom. The highest BCUT2D eigenvalue weighted by Gasteiger charge is 2.57. The van der Waals surface area contributed by atoms with Crippen molar-refractivity contribution in [1.29, 1.82) is 0 Å². The zero-order chi connectivity index (χ0) is 22.1. The summed E-state index contributed by atoms with van der Waals surface area (Å²) in [6.07, 6.45) is 5.86. The molecule has 2 saturated heterocycles. The number of nitrogens with zero attached hydrogens (tertiary/aromatic N) is 2. The Bertz CT molecular complexity index is 980. The number of benzene rings is 1. The van der Waals surface area contributed by atoms with E-state index in [2.05, 4.69) is 5.32 Å². The molecule has 7 nitrogen and oxygen atoms in total. The maximum Gasteiger partial charge on any atom is 0.327 e. The molecule has 168 valence electrons. The zero-order valence-electron chi connectivity index (χ0n) is 17.8. The molecule has 3 fully saturated rings. The van der Waals surface area contributed by atoms with Gasteiger partial charge in [0.05, 0.1) is 18.8 Å². The number of rotatable bonds is 6. The summed E-state index contributed by atoms with van der Waals surface area (Å²) >= 11 is 1.70. The molecule has 32 heavy (non-hydrogen) atoms. The summed E-state index contributed by atoms with van der Waals surface area (Å²) in [5.41, 5.74) is 1.00. The van der Waals surface area contributed by atoms with Gasteiger partial charge in [0, 0.05) is 11.8 Å². The van der Waals surface area contributed by atoms with Crippen molar-refractivity contribution in [3.63, 3.8) is 0 Å². The number of thioether (sulfide) groups is 1. The molecule has 2 aliphatic heterocycles. The van der Waals surface area contributed by atoms with Crippen molar-refractivity contribution in [3.05, 3.63) is 60.1 Å². The number of hydrogen-bond donors (Lipinski definition) is 1. The molecule has 0 bridgehead atoms. The molecule has 2 aromatic rings. The van der Waals surface area contributed by atoms with Gasteiger partial charge in [0.2, 0.25) is 11.8 Å². The van der Waals surface area contributed by atoms with Crippen molar-refractivity contribution in [2.75, 3.05) is 6.54 Å². The number of amides is 4. The van der Waals surface area contributed by atoms with Gasteiger partial charge < -0.3 is 14.6 Å². The number of fused-ring (bicyclic) bond motifs is 3. The molecule has 0 spiro atoms. The third-order valence-corrected chi connectivity index (χ3v) is 8.42. The van der Waals surface area contributed by atoms with Crippen molar-refractivity contribution < 1.29 is 18.8 Å². The van der Waals surface area contributed by atoms with E-state index in [1.165, 1.54) is 11.2 Å². The number of carbonyl (C=O) groups is 3. The lowest BCUT2D eigenvalue weighted by Crippen LogP contribution is -2.64. The number of carbonyl (C=O) groups excluding carboxylic acids is 3. The van der Waals surface area contributed by atoms with Crippen LogP contribution in [0.15, 0.2) is 53.1 Å². The van der Waals surface area contributed by atoms with Gasteiger partial charge in [-0.15, -0.1) is 11.8 Å². The first-order valence-corrected chi connectivity index (χ1v) is 12.2. The quantitative estimate of drug-likeness (QED) is 0.725.